The van der Waals surface area contributed by atoms with Gasteiger partial charge in [0, 0.05) is 56.2 Å². The van der Waals surface area contributed by atoms with E-state index in [2.05, 4.69) is 19.6 Å². The number of morpholine rings is 1. The molecule has 0 spiro atoms. The third-order valence-corrected chi connectivity index (χ3v) is 5.41. The Morgan fingerprint density at radius 1 is 1.33 bits per heavy atom. The van der Waals surface area contributed by atoms with Crippen molar-refractivity contribution >= 4 is 34.2 Å². The third-order valence-electron chi connectivity index (χ3n) is 4.29. The van der Waals surface area contributed by atoms with Gasteiger partial charge in [-0.15, -0.1) is 0 Å². The van der Waals surface area contributed by atoms with E-state index in [-0.39, 0.29) is 12.5 Å². The Morgan fingerprint density at radius 2 is 2.07 bits per heavy atom. The molecule has 0 aliphatic carbocycles. The number of amides is 1. The molecule has 27 heavy (non-hydrogen) atoms. The normalized spacial score (nSPS) is 14.9. The van der Waals surface area contributed by atoms with Gasteiger partial charge in [0.2, 0.25) is 11.0 Å². The Labute approximate surface area is 168 Å². The summed E-state index contributed by atoms with van der Waals surface area (Å²) < 4.78 is 9.71. The molecule has 9 heteroatoms. The number of ether oxygens (including phenoxy) is 1. The van der Waals surface area contributed by atoms with Crippen LogP contribution in [0.4, 0.5) is 5.13 Å². The summed E-state index contributed by atoms with van der Waals surface area (Å²) in [5.41, 5.74) is 1.10. The third kappa shape index (κ3) is 6.42. The Kier molecular flexibility index (Phi) is 7.40. The minimum absolute atomic E-state index is 0.0137. The molecule has 1 aromatic heterocycles. The smallest absolute Gasteiger partial charge is 0.239 e. The van der Waals surface area contributed by atoms with E-state index in [1.807, 2.05) is 36.2 Å². The number of rotatable bonds is 8. The van der Waals surface area contributed by atoms with Gasteiger partial charge in [-0.05, 0) is 17.7 Å². The summed E-state index contributed by atoms with van der Waals surface area (Å²) in [7, 11) is 1.86. The van der Waals surface area contributed by atoms with Crippen LogP contribution in [-0.2, 0) is 16.0 Å². The lowest BCUT2D eigenvalue weighted by molar-refractivity contribution is -0.119. The molecule has 1 amide bonds. The highest BCUT2D eigenvalue weighted by molar-refractivity contribution is 7.09. The average Bonchev–Trinajstić information content (AvgIpc) is 3.13. The molecule has 0 unspecified atom stereocenters. The molecular formula is C18H24ClN5O2S. The first-order valence-corrected chi connectivity index (χ1v) is 10.1. The number of anilines is 1. The minimum atomic E-state index is -0.0137. The number of nitrogens with one attached hydrogen (secondary N) is 1. The number of carbonyl (C=O) groups is 1. The standard InChI is InChI=1S/C18H24ClN5O2S/c1-23(13-17(25)20-6-7-24-8-10-26-11-9-24)18-21-16(22-27-18)12-14-2-4-15(19)5-3-14/h2-5H,6-13H2,1H3,(H,20,25). The van der Waals surface area contributed by atoms with Crippen molar-refractivity contribution in [1.82, 2.24) is 19.6 Å². The monoisotopic (exact) mass is 409 g/mol. The molecule has 1 aromatic carbocycles. The largest absolute Gasteiger partial charge is 0.379 e. The summed E-state index contributed by atoms with van der Waals surface area (Å²) in [5.74, 6) is 0.733. The van der Waals surface area contributed by atoms with Crippen molar-refractivity contribution in [2.45, 2.75) is 6.42 Å². The maximum absolute atomic E-state index is 12.1. The predicted octanol–water partition coefficient (Wildman–Crippen LogP) is 1.67. The van der Waals surface area contributed by atoms with Gasteiger partial charge in [0.25, 0.3) is 0 Å². The van der Waals surface area contributed by atoms with Gasteiger partial charge in [0.15, 0.2) is 0 Å². The molecule has 2 heterocycles. The number of aromatic nitrogens is 2. The predicted molar refractivity (Wildman–Crippen MR) is 108 cm³/mol. The zero-order valence-electron chi connectivity index (χ0n) is 15.4. The maximum atomic E-state index is 12.1. The van der Waals surface area contributed by atoms with E-state index in [1.165, 1.54) is 11.5 Å². The molecule has 0 saturated carbocycles. The number of benzene rings is 1. The summed E-state index contributed by atoms with van der Waals surface area (Å²) in [5, 5.41) is 4.41. The van der Waals surface area contributed by atoms with E-state index in [9.17, 15) is 4.79 Å². The van der Waals surface area contributed by atoms with Crippen molar-refractivity contribution in [1.29, 1.82) is 0 Å². The van der Waals surface area contributed by atoms with E-state index < -0.39 is 0 Å². The lowest BCUT2D eigenvalue weighted by Gasteiger charge is -2.26. The second-order valence-electron chi connectivity index (χ2n) is 6.46. The van der Waals surface area contributed by atoms with Crippen LogP contribution >= 0.6 is 23.1 Å². The molecule has 7 nitrogen and oxygen atoms in total. The first-order chi connectivity index (χ1) is 13.1. The fraction of sp³-hybridized carbons (Fsp3) is 0.500. The summed E-state index contributed by atoms with van der Waals surface area (Å²) >= 11 is 7.21. The molecule has 2 aromatic rings. The molecular weight excluding hydrogens is 386 g/mol. The first kappa shape index (κ1) is 20.0. The minimum Gasteiger partial charge on any atom is -0.379 e. The molecule has 0 radical (unpaired) electrons. The highest BCUT2D eigenvalue weighted by Gasteiger charge is 2.14. The van der Waals surface area contributed by atoms with Crippen LogP contribution in [0.15, 0.2) is 24.3 Å². The number of hydrogen-bond acceptors (Lipinski definition) is 7. The van der Waals surface area contributed by atoms with Crippen molar-refractivity contribution in [3.63, 3.8) is 0 Å². The first-order valence-electron chi connectivity index (χ1n) is 8.95. The van der Waals surface area contributed by atoms with Gasteiger partial charge in [-0.3, -0.25) is 9.69 Å². The fourth-order valence-electron chi connectivity index (χ4n) is 2.77. The summed E-state index contributed by atoms with van der Waals surface area (Å²) in [6, 6.07) is 7.65. The van der Waals surface area contributed by atoms with Crippen molar-refractivity contribution in [3.05, 3.63) is 40.7 Å². The van der Waals surface area contributed by atoms with Crippen molar-refractivity contribution in [2.24, 2.45) is 0 Å². The summed E-state index contributed by atoms with van der Waals surface area (Å²) in [6.07, 6.45) is 0.646. The number of hydrogen-bond donors (Lipinski definition) is 1. The van der Waals surface area contributed by atoms with Gasteiger partial charge in [-0.25, -0.2) is 4.98 Å². The van der Waals surface area contributed by atoms with Crippen LogP contribution in [0.1, 0.15) is 11.4 Å². The van der Waals surface area contributed by atoms with Gasteiger partial charge in [-0.1, -0.05) is 23.7 Å². The van der Waals surface area contributed by atoms with E-state index in [1.54, 1.807) is 0 Å². The van der Waals surface area contributed by atoms with Crippen LogP contribution in [0.25, 0.3) is 0 Å². The van der Waals surface area contributed by atoms with Crippen molar-refractivity contribution < 1.29 is 9.53 Å². The molecule has 1 fully saturated rings. The summed E-state index contributed by atoms with van der Waals surface area (Å²) in [4.78, 5) is 20.8. The molecule has 0 bridgehead atoms. The van der Waals surface area contributed by atoms with Crippen molar-refractivity contribution in [2.75, 3.05) is 57.9 Å². The maximum Gasteiger partial charge on any atom is 0.239 e. The molecule has 1 N–H and O–H groups in total. The molecule has 146 valence electrons. The Balaban J connectivity index is 1.42. The second kappa shape index (κ2) is 9.98. The SMILES string of the molecule is CN(CC(=O)NCCN1CCOCC1)c1nc(Cc2ccc(Cl)cc2)ns1. The molecule has 3 rings (SSSR count). The van der Waals surface area contributed by atoms with E-state index >= 15 is 0 Å². The highest BCUT2D eigenvalue weighted by atomic mass is 35.5. The molecule has 0 atom stereocenters. The number of halogens is 1. The van der Waals surface area contributed by atoms with Crippen molar-refractivity contribution in [3.8, 4) is 0 Å². The van der Waals surface area contributed by atoms with Crippen LogP contribution in [0.3, 0.4) is 0 Å². The molecule has 1 saturated heterocycles. The Morgan fingerprint density at radius 3 is 2.81 bits per heavy atom. The fourth-order valence-corrected chi connectivity index (χ4v) is 3.54. The van der Waals surface area contributed by atoms with Crippen LogP contribution in [-0.4, -0.2) is 73.1 Å². The zero-order valence-corrected chi connectivity index (χ0v) is 16.9. The van der Waals surface area contributed by atoms with Crippen LogP contribution in [0.5, 0.6) is 0 Å². The second-order valence-corrected chi connectivity index (χ2v) is 7.62. The van der Waals surface area contributed by atoms with Gasteiger partial charge in [-0.2, -0.15) is 4.37 Å². The zero-order chi connectivity index (χ0) is 19.1. The van der Waals surface area contributed by atoms with E-state index in [0.717, 1.165) is 49.4 Å². The quantitative estimate of drug-likeness (QED) is 0.715. The number of nitrogens with zero attached hydrogens (tertiary/aromatic N) is 4. The summed E-state index contributed by atoms with van der Waals surface area (Å²) in [6.45, 7) is 5.15. The Bertz CT molecular complexity index is 734. The Hall–Kier alpha value is -1.74. The van der Waals surface area contributed by atoms with Crippen LogP contribution in [0.2, 0.25) is 5.02 Å². The van der Waals surface area contributed by atoms with Gasteiger partial charge in [0.05, 0.1) is 19.8 Å². The highest BCUT2D eigenvalue weighted by Crippen LogP contribution is 2.18. The number of carbonyl (C=O) groups excluding carboxylic acids is 1. The molecule has 1 aliphatic heterocycles. The van der Waals surface area contributed by atoms with E-state index in [0.29, 0.717) is 18.0 Å². The van der Waals surface area contributed by atoms with Gasteiger partial charge in [0.1, 0.15) is 5.82 Å². The number of likely N-dealkylation sites (N-methyl/N-ethyl adjacent to an activating group) is 1. The van der Waals surface area contributed by atoms with E-state index in [4.69, 9.17) is 16.3 Å². The van der Waals surface area contributed by atoms with Crippen LogP contribution < -0.4 is 10.2 Å². The topological polar surface area (TPSA) is 70.6 Å². The van der Waals surface area contributed by atoms with Crippen LogP contribution in [0, 0.1) is 0 Å². The lowest BCUT2D eigenvalue weighted by atomic mass is 10.1. The molecule has 1 aliphatic rings. The lowest BCUT2D eigenvalue weighted by Crippen LogP contribution is -2.43. The average molecular weight is 410 g/mol. The van der Waals surface area contributed by atoms with Gasteiger partial charge >= 0.3 is 0 Å². The van der Waals surface area contributed by atoms with Gasteiger partial charge < -0.3 is 15.0 Å².